The Morgan fingerprint density at radius 1 is 1.31 bits per heavy atom. The molecule has 4 nitrogen and oxygen atoms in total. The highest BCUT2D eigenvalue weighted by Gasteiger charge is 2.24. The Labute approximate surface area is 83.1 Å². The maximum absolute atomic E-state index is 11.1. The molecule has 0 aliphatic heterocycles. The molecule has 0 aliphatic carbocycles. The Balaban J connectivity index is 4.27. The lowest BCUT2D eigenvalue weighted by atomic mass is 10.0. The lowest BCUT2D eigenvalue weighted by molar-refractivity contribution is -0.142. The molecule has 76 valence electrons. The van der Waals surface area contributed by atoms with Crippen LogP contribution in [-0.2, 0) is 9.59 Å². The van der Waals surface area contributed by atoms with Gasteiger partial charge in [-0.15, -0.1) is 0 Å². The van der Waals surface area contributed by atoms with E-state index in [0.29, 0.717) is 0 Å². The van der Waals surface area contributed by atoms with Gasteiger partial charge < -0.3 is 10.4 Å². The summed E-state index contributed by atoms with van der Waals surface area (Å²) in [6, 6.07) is -0.831. The molecule has 2 atom stereocenters. The predicted octanol–water partition coefficient (Wildman–Crippen LogP) is 0.530. The van der Waals surface area contributed by atoms with E-state index >= 15 is 0 Å². The molecule has 0 radical (unpaired) electrons. The minimum atomic E-state index is -1.02. The lowest BCUT2D eigenvalue weighted by Gasteiger charge is -2.18. The summed E-state index contributed by atoms with van der Waals surface area (Å²) >= 11 is 3.90. The van der Waals surface area contributed by atoms with Crippen LogP contribution >= 0.6 is 12.6 Å². The Kier molecular flexibility index (Phi) is 4.83. The fourth-order valence-corrected chi connectivity index (χ4v) is 0.862. The number of carbonyl (C=O) groups is 2. The summed E-state index contributed by atoms with van der Waals surface area (Å²) in [7, 11) is 0. The average Bonchev–Trinajstić information content (AvgIpc) is 1.97. The molecular weight excluding hydrogens is 190 g/mol. The van der Waals surface area contributed by atoms with Crippen LogP contribution in [0.3, 0.4) is 0 Å². The second-order valence-electron chi connectivity index (χ2n) is 3.24. The molecule has 13 heavy (non-hydrogen) atoms. The van der Waals surface area contributed by atoms with Gasteiger partial charge in [0.1, 0.15) is 6.04 Å². The van der Waals surface area contributed by atoms with Crippen molar-refractivity contribution in [2.45, 2.75) is 32.1 Å². The van der Waals surface area contributed by atoms with Crippen molar-refractivity contribution in [1.82, 2.24) is 5.32 Å². The van der Waals surface area contributed by atoms with Gasteiger partial charge in [-0.2, -0.15) is 12.6 Å². The van der Waals surface area contributed by atoms with Gasteiger partial charge in [-0.3, -0.25) is 4.79 Å². The van der Waals surface area contributed by atoms with Crippen LogP contribution in [0.1, 0.15) is 20.8 Å². The maximum atomic E-state index is 11.1. The summed E-state index contributed by atoms with van der Waals surface area (Å²) in [5.41, 5.74) is 0. The second-order valence-corrected chi connectivity index (χ2v) is 4.02. The topological polar surface area (TPSA) is 66.4 Å². The van der Waals surface area contributed by atoms with E-state index in [4.69, 9.17) is 5.11 Å². The third kappa shape index (κ3) is 4.17. The first-order valence-corrected chi connectivity index (χ1v) is 4.59. The van der Waals surface area contributed by atoms with E-state index in [1.165, 1.54) is 0 Å². The van der Waals surface area contributed by atoms with Gasteiger partial charge in [-0.05, 0) is 12.8 Å². The van der Waals surface area contributed by atoms with Crippen molar-refractivity contribution in [3.63, 3.8) is 0 Å². The number of carboxylic acid groups (broad SMARTS) is 1. The summed E-state index contributed by atoms with van der Waals surface area (Å²) in [5, 5.41) is 10.6. The third-order valence-corrected chi connectivity index (χ3v) is 1.84. The Hall–Kier alpha value is -0.710. The molecular formula is C8H15NO3S. The Morgan fingerprint density at radius 3 is 2.00 bits per heavy atom. The largest absolute Gasteiger partial charge is 0.480 e. The molecule has 0 aromatic carbocycles. The van der Waals surface area contributed by atoms with Crippen LogP contribution in [-0.4, -0.2) is 28.3 Å². The van der Waals surface area contributed by atoms with Crippen molar-refractivity contribution in [1.29, 1.82) is 0 Å². The smallest absolute Gasteiger partial charge is 0.326 e. The highest BCUT2D eigenvalue weighted by molar-refractivity contribution is 7.81. The van der Waals surface area contributed by atoms with E-state index in [1.807, 2.05) is 0 Å². The Bertz CT molecular complexity index is 204. The standard InChI is InChI=1S/C8H15NO3S/c1-4(2)6(8(11)12)9-7(10)5(3)13/h4-6,13H,1-3H3,(H,9,10)(H,11,12). The SMILES string of the molecule is CC(S)C(=O)NC(C(=O)O)C(C)C. The number of thiol groups is 1. The first-order chi connectivity index (χ1) is 5.86. The third-order valence-electron chi connectivity index (χ3n) is 1.61. The van der Waals surface area contributed by atoms with Gasteiger partial charge in [0.2, 0.25) is 5.91 Å². The molecule has 0 saturated heterocycles. The molecule has 0 aromatic heterocycles. The summed E-state index contributed by atoms with van der Waals surface area (Å²) in [6.45, 7) is 5.07. The zero-order valence-corrected chi connectivity index (χ0v) is 8.84. The molecule has 5 heteroatoms. The summed E-state index contributed by atoms with van der Waals surface area (Å²) in [6.07, 6.45) is 0. The zero-order chi connectivity index (χ0) is 10.6. The van der Waals surface area contributed by atoms with E-state index in [-0.39, 0.29) is 11.8 Å². The lowest BCUT2D eigenvalue weighted by Crippen LogP contribution is -2.46. The first-order valence-electron chi connectivity index (χ1n) is 4.07. The minimum absolute atomic E-state index is 0.131. The van der Waals surface area contributed by atoms with Gasteiger partial charge in [-0.1, -0.05) is 13.8 Å². The normalized spacial score (nSPS) is 15.2. The molecule has 0 spiro atoms. The molecule has 1 amide bonds. The van der Waals surface area contributed by atoms with Gasteiger partial charge >= 0.3 is 5.97 Å². The van der Waals surface area contributed by atoms with Crippen LogP contribution in [0.2, 0.25) is 0 Å². The molecule has 0 bridgehead atoms. The number of rotatable bonds is 4. The molecule has 2 unspecified atom stereocenters. The van der Waals surface area contributed by atoms with Crippen molar-refractivity contribution < 1.29 is 14.7 Å². The highest BCUT2D eigenvalue weighted by atomic mass is 32.1. The van der Waals surface area contributed by atoms with Crippen LogP contribution < -0.4 is 5.32 Å². The minimum Gasteiger partial charge on any atom is -0.480 e. The highest BCUT2D eigenvalue weighted by Crippen LogP contribution is 2.03. The van der Waals surface area contributed by atoms with E-state index < -0.39 is 17.3 Å². The second kappa shape index (κ2) is 5.11. The number of amides is 1. The van der Waals surface area contributed by atoms with Gasteiger partial charge in [0.25, 0.3) is 0 Å². The summed E-state index contributed by atoms with van der Waals surface area (Å²) in [4.78, 5) is 21.8. The van der Waals surface area contributed by atoms with Crippen LogP contribution in [0.4, 0.5) is 0 Å². The number of aliphatic carboxylic acids is 1. The predicted molar refractivity (Wildman–Crippen MR) is 52.9 cm³/mol. The Morgan fingerprint density at radius 2 is 1.77 bits per heavy atom. The molecule has 0 aromatic rings. The van der Waals surface area contributed by atoms with E-state index in [9.17, 15) is 9.59 Å². The molecule has 0 aliphatic rings. The van der Waals surface area contributed by atoms with Gasteiger partial charge in [-0.25, -0.2) is 4.79 Å². The van der Waals surface area contributed by atoms with Crippen LogP contribution in [0.5, 0.6) is 0 Å². The fourth-order valence-electron chi connectivity index (χ4n) is 0.787. The molecule has 0 saturated carbocycles. The van der Waals surface area contributed by atoms with Gasteiger partial charge in [0.15, 0.2) is 0 Å². The molecule has 0 heterocycles. The number of hydrogen-bond acceptors (Lipinski definition) is 3. The van der Waals surface area contributed by atoms with Gasteiger partial charge in [0, 0.05) is 0 Å². The number of carbonyl (C=O) groups excluding carboxylic acids is 1. The van der Waals surface area contributed by atoms with Crippen molar-refractivity contribution in [3.05, 3.63) is 0 Å². The quantitative estimate of drug-likeness (QED) is 0.586. The average molecular weight is 205 g/mol. The van der Waals surface area contributed by atoms with Gasteiger partial charge in [0.05, 0.1) is 5.25 Å². The van der Waals surface area contributed by atoms with E-state index in [0.717, 1.165) is 0 Å². The molecule has 0 fully saturated rings. The van der Waals surface area contributed by atoms with E-state index in [2.05, 4.69) is 17.9 Å². The first kappa shape index (κ1) is 12.3. The van der Waals surface area contributed by atoms with Crippen molar-refractivity contribution in [3.8, 4) is 0 Å². The summed E-state index contributed by atoms with van der Waals surface area (Å²) < 4.78 is 0. The zero-order valence-electron chi connectivity index (χ0n) is 7.94. The number of carboxylic acids is 1. The fraction of sp³-hybridized carbons (Fsp3) is 0.750. The van der Waals surface area contributed by atoms with Crippen LogP contribution in [0.25, 0.3) is 0 Å². The number of hydrogen-bond donors (Lipinski definition) is 3. The van der Waals surface area contributed by atoms with Crippen molar-refractivity contribution in [2.24, 2.45) is 5.92 Å². The molecule has 2 N–H and O–H groups in total. The van der Waals surface area contributed by atoms with Crippen LogP contribution in [0.15, 0.2) is 0 Å². The monoisotopic (exact) mass is 205 g/mol. The van der Waals surface area contributed by atoms with Crippen molar-refractivity contribution in [2.75, 3.05) is 0 Å². The van der Waals surface area contributed by atoms with Crippen LogP contribution in [0, 0.1) is 5.92 Å². The molecule has 0 rings (SSSR count). The summed E-state index contributed by atoms with van der Waals surface area (Å²) in [5.74, 6) is -1.50. The van der Waals surface area contributed by atoms with E-state index in [1.54, 1.807) is 20.8 Å². The maximum Gasteiger partial charge on any atom is 0.326 e. The number of nitrogens with one attached hydrogen (secondary N) is 1. The van der Waals surface area contributed by atoms with Crippen molar-refractivity contribution >= 4 is 24.5 Å².